The van der Waals surface area contributed by atoms with Gasteiger partial charge in [0.1, 0.15) is 0 Å². The van der Waals surface area contributed by atoms with Crippen molar-refractivity contribution >= 4 is 15.8 Å². The molecule has 1 aliphatic rings. The van der Waals surface area contributed by atoms with Crippen molar-refractivity contribution in [3.63, 3.8) is 0 Å². The molecule has 0 fully saturated rings. The number of carbonyl (C=O) groups is 1. The summed E-state index contributed by atoms with van der Waals surface area (Å²) in [6.45, 7) is 0.000863. The minimum Gasteiger partial charge on any atom is -0.481 e. The molecule has 6 heteroatoms. The fourth-order valence-corrected chi connectivity index (χ4v) is 3.84. The number of carboxylic acid groups (broad SMARTS) is 1. The molecule has 0 bridgehead atoms. The topological polar surface area (TPSA) is 97.5 Å². The number of sulfone groups is 1. The number of aryl methyl sites for hydroxylation is 1. The van der Waals surface area contributed by atoms with Gasteiger partial charge in [0.25, 0.3) is 0 Å². The van der Waals surface area contributed by atoms with Crippen LogP contribution in [0.15, 0.2) is 23.1 Å². The van der Waals surface area contributed by atoms with Gasteiger partial charge in [0.2, 0.25) is 0 Å². The van der Waals surface area contributed by atoms with Crippen LogP contribution in [-0.2, 0) is 21.1 Å². The average molecular weight is 269 g/mol. The van der Waals surface area contributed by atoms with Gasteiger partial charge in [-0.15, -0.1) is 0 Å². The van der Waals surface area contributed by atoms with Crippen LogP contribution in [0.3, 0.4) is 0 Å². The summed E-state index contributed by atoms with van der Waals surface area (Å²) in [5.74, 6) is -1.60. The number of carboxylic acids is 1. The van der Waals surface area contributed by atoms with E-state index in [2.05, 4.69) is 0 Å². The molecule has 0 amide bonds. The quantitative estimate of drug-likeness (QED) is 0.834. The number of hydrogen-bond donors (Lipinski definition) is 2. The van der Waals surface area contributed by atoms with Crippen molar-refractivity contribution in [3.05, 3.63) is 29.3 Å². The second kappa shape index (κ2) is 4.70. The standard InChI is InChI=1S/C12H15NO4S/c13-7-10(12(14)15)8-3-4-11-9(6-8)2-1-5-18(11,16)17/h3-4,6,10H,1-2,5,7,13H2,(H,14,15). The summed E-state index contributed by atoms with van der Waals surface area (Å²) >= 11 is 0. The molecule has 1 aromatic carbocycles. The van der Waals surface area contributed by atoms with E-state index in [-0.39, 0.29) is 12.3 Å². The van der Waals surface area contributed by atoms with Crippen LogP contribution in [0.2, 0.25) is 0 Å². The fourth-order valence-electron chi connectivity index (χ4n) is 2.26. The molecule has 1 aromatic rings. The van der Waals surface area contributed by atoms with E-state index in [4.69, 9.17) is 10.8 Å². The highest BCUT2D eigenvalue weighted by Gasteiger charge is 2.25. The lowest BCUT2D eigenvalue weighted by Crippen LogP contribution is -2.22. The van der Waals surface area contributed by atoms with E-state index in [1.165, 1.54) is 6.07 Å². The van der Waals surface area contributed by atoms with Crippen LogP contribution < -0.4 is 5.73 Å². The van der Waals surface area contributed by atoms with Crippen molar-refractivity contribution in [1.29, 1.82) is 0 Å². The van der Waals surface area contributed by atoms with Crippen molar-refractivity contribution in [2.45, 2.75) is 23.7 Å². The van der Waals surface area contributed by atoms with Crippen molar-refractivity contribution in [1.82, 2.24) is 0 Å². The predicted octanol–water partition coefficient (Wildman–Crippen LogP) is 0.533. The van der Waals surface area contributed by atoms with Crippen molar-refractivity contribution in [3.8, 4) is 0 Å². The maximum atomic E-state index is 11.8. The van der Waals surface area contributed by atoms with Crippen LogP contribution in [0.5, 0.6) is 0 Å². The molecule has 0 spiro atoms. The van der Waals surface area contributed by atoms with E-state index in [0.717, 1.165) is 0 Å². The maximum Gasteiger partial charge on any atom is 0.312 e. The molecule has 2 rings (SSSR count). The smallest absolute Gasteiger partial charge is 0.312 e. The first-order valence-corrected chi connectivity index (χ1v) is 7.39. The second-order valence-corrected chi connectivity index (χ2v) is 6.49. The van der Waals surface area contributed by atoms with Gasteiger partial charge in [-0.1, -0.05) is 12.1 Å². The second-order valence-electron chi connectivity index (χ2n) is 4.42. The SMILES string of the molecule is NCC(C(=O)O)c1ccc2c(c1)CCCS2(=O)=O. The monoisotopic (exact) mass is 269 g/mol. The highest BCUT2D eigenvalue weighted by molar-refractivity contribution is 7.91. The van der Waals surface area contributed by atoms with Gasteiger partial charge in [-0.3, -0.25) is 4.79 Å². The molecule has 3 N–H and O–H groups in total. The molecule has 5 nitrogen and oxygen atoms in total. The lowest BCUT2D eigenvalue weighted by molar-refractivity contribution is -0.138. The summed E-state index contributed by atoms with van der Waals surface area (Å²) in [5.41, 5.74) is 6.71. The molecule has 1 aliphatic heterocycles. The summed E-state index contributed by atoms with van der Waals surface area (Å²) in [5, 5.41) is 9.04. The number of fused-ring (bicyclic) bond motifs is 1. The van der Waals surface area contributed by atoms with Crippen LogP contribution in [0, 0.1) is 0 Å². The molecule has 0 radical (unpaired) electrons. The van der Waals surface area contributed by atoms with E-state index in [1.54, 1.807) is 12.1 Å². The molecule has 1 heterocycles. The molecule has 1 atom stereocenters. The Morgan fingerprint density at radius 1 is 1.44 bits per heavy atom. The van der Waals surface area contributed by atoms with E-state index < -0.39 is 21.7 Å². The third kappa shape index (κ3) is 2.26. The summed E-state index contributed by atoms with van der Waals surface area (Å²) in [7, 11) is -3.19. The van der Waals surface area contributed by atoms with E-state index in [0.29, 0.717) is 28.9 Å². The Morgan fingerprint density at radius 3 is 2.78 bits per heavy atom. The summed E-state index contributed by atoms with van der Waals surface area (Å²) < 4.78 is 23.6. The lowest BCUT2D eigenvalue weighted by Gasteiger charge is -2.18. The van der Waals surface area contributed by atoms with Crippen LogP contribution in [-0.4, -0.2) is 31.8 Å². The van der Waals surface area contributed by atoms with Crippen molar-refractivity contribution in [2.75, 3.05) is 12.3 Å². The predicted molar refractivity (Wildman–Crippen MR) is 66.2 cm³/mol. The van der Waals surface area contributed by atoms with Crippen LogP contribution in [0.25, 0.3) is 0 Å². The number of rotatable bonds is 3. The molecule has 1 unspecified atom stereocenters. The van der Waals surface area contributed by atoms with Crippen LogP contribution >= 0.6 is 0 Å². The normalized spacial score (nSPS) is 18.9. The molecule has 98 valence electrons. The van der Waals surface area contributed by atoms with Crippen LogP contribution in [0.1, 0.15) is 23.5 Å². The highest BCUT2D eigenvalue weighted by atomic mass is 32.2. The first kappa shape index (κ1) is 13.0. The van der Waals surface area contributed by atoms with Crippen molar-refractivity contribution < 1.29 is 18.3 Å². The van der Waals surface area contributed by atoms with Gasteiger partial charge in [-0.05, 0) is 30.0 Å². The highest BCUT2D eigenvalue weighted by Crippen LogP contribution is 2.28. The van der Waals surface area contributed by atoms with E-state index in [9.17, 15) is 13.2 Å². The average Bonchev–Trinajstić information content (AvgIpc) is 2.28. The largest absolute Gasteiger partial charge is 0.481 e. The number of aliphatic carboxylic acids is 1. The third-order valence-electron chi connectivity index (χ3n) is 3.21. The zero-order valence-electron chi connectivity index (χ0n) is 9.80. The molecule has 0 saturated heterocycles. The van der Waals surface area contributed by atoms with Gasteiger partial charge in [0.15, 0.2) is 9.84 Å². The Bertz CT molecular complexity index is 580. The van der Waals surface area contributed by atoms with Gasteiger partial charge < -0.3 is 10.8 Å². The zero-order chi connectivity index (χ0) is 13.3. The Kier molecular flexibility index (Phi) is 3.41. The van der Waals surface area contributed by atoms with Crippen molar-refractivity contribution in [2.24, 2.45) is 5.73 Å². The molecule has 0 saturated carbocycles. The Balaban J connectivity index is 2.48. The summed E-state index contributed by atoms with van der Waals surface area (Å²) in [6.07, 6.45) is 1.25. The third-order valence-corrected chi connectivity index (χ3v) is 5.11. The van der Waals surface area contributed by atoms with Gasteiger partial charge in [0.05, 0.1) is 16.6 Å². The lowest BCUT2D eigenvalue weighted by atomic mass is 9.96. The minimum atomic E-state index is -3.19. The van der Waals surface area contributed by atoms with Gasteiger partial charge in [-0.25, -0.2) is 8.42 Å². The first-order chi connectivity index (χ1) is 8.45. The Morgan fingerprint density at radius 2 is 2.17 bits per heavy atom. The molecular formula is C12H15NO4S. The summed E-state index contributed by atoms with van der Waals surface area (Å²) in [6, 6.07) is 4.72. The zero-order valence-corrected chi connectivity index (χ0v) is 10.6. The summed E-state index contributed by atoms with van der Waals surface area (Å²) in [4.78, 5) is 11.4. The van der Waals surface area contributed by atoms with Crippen LogP contribution in [0.4, 0.5) is 0 Å². The van der Waals surface area contributed by atoms with E-state index >= 15 is 0 Å². The number of benzene rings is 1. The number of hydrogen-bond acceptors (Lipinski definition) is 4. The van der Waals surface area contributed by atoms with Gasteiger partial charge in [0, 0.05) is 6.54 Å². The Hall–Kier alpha value is -1.40. The number of nitrogens with two attached hydrogens (primary N) is 1. The molecular weight excluding hydrogens is 254 g/mol. The van der Waals surface area contributed by atoms with E-state index in [1.807, 2.05) is 0 Å². The van der Waals surface area contributed by atoms with Gasteiger partial charge >= 0.3 is 5.97 Å². The maximum absolute atomic E-state index is 11.8. The Labute approximate surface area is 106 Å². The molecule has 0 aliphatic carbocycles. The molecule has 18 heavy (non-hydrogen) atoms. The minimum absolute atomic E-state index is 0.000863. The fraction of sp³-hybridized carbons (Fsp3) is 0.417. The van der Waals surface area contributed by atoms with Gasteiger partial charge in [-0.2, -0.15) is 0 Å². The first-order valence-electron chi connectivity index (χ1n) is 5.74. The molecule has 0 aromatic heterocycles.